The molecule has 0 bridgehead atoms. The Hall–Kier alpha value is -1.66. The van der Waals surface area contributed by atoms with Gasteiger partial charge in [0, 0.05) is 23.2 Å². The van der Waals surface area contributed by atoms with E-state index < -0.39 is 4.92 Å². The Labute approximate surface area is 127 Å². The Morgan fingerprint density at radius 1 is 1.48 bits per heavy atom. The fraction of sp³-hybridized carbons (Fsp3) is 0.500. The lowest BCUT2D eigenvalue weighted by Gasteiger charge is -2.30. The van der Waals surface area contributed by atoms with Crippen molar-refractivity contribution in [3.05, 3.63) is 38.9 Å². The number of carbonyl (C=O) groups is 1. The minimum absolute atomic E-state index is 0.0394. The van der Waals surface area contributed by atoms with Crippen molar-refractivity contribution < 1.29 is 14.5 Å². The zero-order valence-corrected chi connectivity index (χ0v) is 12.5. The van der Waals surface area contributed by atoms with Crippen LogP contribution >= 0.6 is 11.6 Å². The Morgan fingerprint density at radius 2 is 2.14 bits per heavy atom. The lowest BCUT2D eigenvalue weighted by atomic mass is 9.96. The van der Waals surface area contributed by atoms with Crippen LogP contribution in [0.3, 0.4) is 0 Å². The third-order valence-electron chi connectivity index (χ3n) is 3.76. The zero-order chi connectivity index (χ0) is 15.4. The molecule has 1 aromatic rings. The molecule has 1 aliphatic rings. The summed E-state index contributed by atoms with van der Waals surface area (Å²) in [4.78, 5) is 24.2. The molecule has 0 amide bonds. The number of hydrogen-bond acceptors (Lipinski definition) is 5. The van der Waals surface area contributed by atoms with E-state index in [4.69, 9.17) is 16.3 Å². The maximum Gasteiger partial charge on any atom is 0.308 e. The van der Waals surface area contributed by atoms with Crippen LogP contribution in [0.1, 0.15) is 18.4 Å². The standard InChI is InChI=1S/C14H17ClN2O4/c1-21-14(18)10-4-6-16(7-5-10)9-11-2-3-12(15)8-13(11)17(19)20/h2-3,8,10H,4-7,9H2,1H3. The molecule has 114 valence electrons. The number of nitro benzene ring substituents is 1. The second-order valence-electron chi connectivity index (χ2n) is 5.10. The molecule has 0 aromatic heterocycles. The SMILES string of the molecule is COC(=O)C1CCN(Cc2ccc(Cl)cc2[N+](=O)[O-])CC1. The molecule has 7 heteroatoms. The van der Waals surface area contributed by atoms with Gasteiger partial charge in [0.25, 0.3) is 5.69 Å². The van der Waals surface area contributed by atoms with Gasteiger partial charge in [-0.25, -0.2) is 0 Å². The van der Waals surface area contributed by atoms with Crippen LogP contribution in [-0.2, 0) is 16.1 Å². The molecular formula is C14H17ClN2O4. The number of piperidine rings is 1. The van der Waals surface area contributed by atoms with Gasteiger partial charge >= 0.3 is 5.97 Å². The van der Waals surface area contributed by atoms with E-state index in [0.29, 0.717) is 30.0 Å². The third kappa shape index (κ3) is 3.92. The number of rotatable bonds is 4. The lowest BCUT2D eigenvalue weighted by molar-refractivity contribution is -0.385. The van der Waals surface area contributed by atoms with Gasteiger partial charge in [0.05, 0.1) is 18.0 Å². The predicted octanol–water partition coefficient (Wildman–Crippen LogP) is 2.63. The monoisotopic (exact) mass is 312 g/mol. The van der Waals surface area contributed by atoms with Gasteiger partial charge in [-0.2, -0.15) is 0 Å². The Morgan fingerprint density at radius 3 is 2.71 bits per heavy atom. The van der Waals surface area contributed by atoms with Gasteiger partial charge in [0.15, 0.2) is 0 Å². The first-order valence-corrected chi connectivity index (χ1v) is 7.12. The highest BCUT2D eigenvalue weighted by molar-refractivity contribution is 6.30. The molecule has 0 unspecified atom stereocenters. The summed E-state index contributed by atoms with van der Waals surface area (Å²) in [7, 11) is 1.39. The maximum absolute atomic E-state index is 11.5. The molecule has 0 radical (unpaired) electrons. The largest absolute Gasteiger partial charge is 0.469 e. The Kier molecular flexibility index (Phi) is 5.14. The molecule has 1 heterocycles. The number of carbonyl (C=O) groups excluding carboxylic acids is 1. The molecule has 6 nitrogen and oxygen atoms in total. The minimum Gasteiger partial charge on any atom is -0.469 e. The van der Waals surface area contributed by atoms with Crippen molar-refractivity contribution in [1.82, 2.24) is 4.90 Å². The van der Waals surface area contributed by atoms with Crippen LogP contribution in [0.2, 0.25) is 5.02 Å². The number of nitro groups is 1. The normalized spacial score (nSPS) is 16.7. The van der Waals surface area contributed by atoms with Crippen LogP contribution in [0, 0.1) is 16.0 Å². The van der Waals surface area contributed by atoms with Crippen LogP contribution in [0.4, 0.5) is 5.69 Å². The molecule has 1 saturated heterocycles. The number of likely N-dealkylation sites (tertiary alicyclic amines) is 1. The van der Waals surface area contributed by atoms with E-state index in [0.717, 1.165) is 13.1 Å². The molecule has 0 saturated carbocycles. The first kappa shape index (κ1) is 15.7. The quantitative estimate of drug-likeness (QED) is 0.485. The number of methoxy groups -OCH3 is 1. The fourth-order valence-corrected chi connectivity index (χ4v) is 2.74. The van der Waals surface area contributed by atoms with E-state index in [-0.39, 0.29) is 17.6 Å². The van der Waals surface area contributed by atoms with Gasteiger partial charge in [-0.15, -0.1) is 0 Å². The maximum atomic E-state index is 11.5. The van der Waals surface area contributed by atoms with Crippen LogP contribution in [0.5, 0.6) is 0 Å². The summed E-state index contributed by atoms with van der Waals surface area (Å²) >= 11 is 5.80. The van der Waals surface area contributed by atoms with E-state index >= 15 is 0 Å². The molecule has 2 rings (SSSR count). The van der Waals surface area contributed by atoms with Crippen molar-refractivity contribution >= 4 is 23.3 Å². The molecular weight excluding hydrogens is 296 g/mol. The zero-order valence-electron chi connectivity index (χ0n) is 11.8. The summed E-state index contributed by atoms with van der Waals surface area (Å²) < 4.78 is 4.75. The summed E-state index contributed by atoms with van der Waals surface area (Å²) in [6, 6.07) is 4.72. The smallest absolute Gasteiger partial charge is 0.308 e. The molecule has 1 fully saturated rings. The fourth-order valence-electron chi connectivity index (χ4n) is 2.58. The first-order chi connectivity index (χ1) is 10.0. The van der Waals surface area contributed by atoms with Crippen molar-refractivity contribution in [2.45, 2.75) is 19.4 Å². The number of ether oxygens (including phenoxy) is 1. The van der Waals surface area contributed by atoms with Crippen molar-refractivity contribution in [3.63, 3.8) is 0 Å². The number of benzene rings is 1. The van der Waals surface area contributed by atoms with E-state index in [1.165, 1.54) is 13.2 Å². The minimum atomic E-state index is -0.414. The molecule has 0 atom stereocenters. The summed E-state index contributed by atoms with van der Waals surface area (Å²) in [6.07, 6.45) is 1.43. The van der Waals surface area contributed by atoms with Gasteiger partial charge < -0.3 is 4.74 Å². The van der Waals surface area contributed by atoms with Gasteiger partial charge in [0.1, 0.15) is 0 Å². The lowest BCUT2D eigenvalue weighted by Crippen LogP contribution is -2.36. The van der Waals surface area contributed by atoms with Gasteiger partial charge in [0.2, 0.25) is 0 Å². The van der Waals surface area contributed by atoms with Crippen molar-refractivity contribution in [2.24, 2.45) is 5.92 Å². The number of halogens is 1. The van der Waals surface area contributed by atoms with Crippen LogP contribution in [0.25, 0.3) is 0 Å². The highest BCUT2D eigenvalue weighted by Crippen LogP contribution is 2.26. The average molecular weight is 313 g/mol. The van der Waals surface area contributed by atoms with Crippen LogP contribution in [-0.4, -0.2) is 36.0 Å². The van der Waals surface area contributed by atoms with E-state index in [2.05, 4.69) is 4.90 Å². The van der Waals surface area contributed by atoms with Gasteiger partial charge in [-0.3, -0.25) is 19.8 Å². The average Bonchev–Trinajstić information content (AvgIpc) is 2.49. The van der Waals surface area contributed by atoms with E-state index in [9.17, 15) is 14.9 Å². The van der Waals surface area contributed by atoms with Crippen LogP contribution < -0.4 is 0 Å². The molecule has 21 heavy (non-hydrogen) atoms. The van der Waals surface area contributed by atoms with E-state index in [1.54, 1.807) is 12.1 Å². The Balaban J connectivity index is 2.01. The summed E-state index contributed by atoms with van der Waals surface area (Å²) in [5.41, 5.74) is 0.679. The molecule has 1 aliphatic heterocycles. The summed E-state index contributed by atoms with van der Waals surface area (Å²) in [6.45, 7) is 1.93. The topological polar surface area (TPSA) is 72.7 Å². The third-order valence-corrected chi connectivity index (χ3v) is 4.00. The highest BCUT2D eigenvalue weighted by atomic mass is 35.5. The Bertz CT molecular complexity index is 542. The second kappa shape index (κ2) is 6.87. The van der Waals surface area contributed by atoms with Crippen LogP contribution in [0.15, 0.2) is 18.2 Å². The molecule has 0 N–H and O–H groups in total. The molecule has 0 aliphatic carbocycles. The number of hydrogen-bond donors (Lipinski definition) is 0. The highest BCUT2D eigenvalue weighted by Gasteiger charge is 2.26. The molecule has 0 spiro atoms. The molecule has 1 aromatic carbocycles. The van der Waals surface area contributed by atoms with Crippen molar-refractivity contribution in [1.29, 1.82) is 0 Å². The summed E-state index contributed by atoms with van der Waals surface area (Å²) in [5, 5.41) is 11.4. The first-order valence-electron chi connectivity index (χ1n) is 6.74. The second-order valence-corrected chi connectivity index (χ2v) is 5.54. The number of nitrogens with zero attached hydrogens (tertiary/aromatic N) is 2. The van der Waals surface area contributed by atoms with Crippen molar-refractivity contribution in [3.8, 4) is 0 Å². The predicted molar refractivity (Wildman–Crippen MR) is 78.1 cm³/mol. The van der Waals surface area contributed by atoms with Crippen molar-refractivity contribution in [2.75, 3.05) is 20.2 Å². The summed E-state index contributed by atoms with van der Waals surface area (Å²) in [5.74, 6) is -0.237. The van der Waals surface area contributed by atoms with Gasteiger partial charge in [-0.05, 0) is 38.1 Å². The van der Waals surface area contributed by atoms with Gasteiger partial charge in [-0.1, -0.05) is 11.6 Å². The van der Waals surface area contributed by atoms with E-state index in [1.807, 2.05) is 0 Å². The number of esters is 1.